The smallest absolute Gasteiger partial charge is 0.224 e. The minimum absolute atomic E-state index is 0.0458. The lowest BCUT2D eigenvalue weighted by Gasteiger charge is -2.41. The van der Waals surface area contributed by atoms with Crippen LogP contribution in [0, 0.1) is 23.7 Å². The Kier molecular flexibility index (Phi) is 7.35. The average Bonchev–Trinajstić information content (AvgIpc) is 3.25. The van der Waals surface area contributed by atoms with Crippen molar-refractivity contribution in [3.8, 4) is 11.8 Å². The molecule has 4 fully saturated rings. The number of nitrogens with zero attached hydrogens (tertiary/aromatic N) is 1. The second-order valence-corrected chi connectivity index (χ2v) is 10.7. The quantitative estimate of drug-likeness (QED) is 0.534. The third-order valence-electron chi connectivity index (χ3n) is 8.46. The lowest BCUT2D eigenvalue weighted by atomic mass is 9.83. The van der Waals surface area contributed by atoms with Crippen molar-refractivity contribution >= 4 is 5.91 Å². The molecule has 0 spiro atoms. The Labute approximate surface area is 199 Å². The molecule has 3 N–H and O–H groups in total. The molecule has 5 rings (SSSR count). The highest BCUT2D eigenvalue weighted by Gasteiger charge is 2.41. The Morgan fingerprint density at radius 3 is 2.64 bits per heavy atom. The van der Waals surface area contributed by atoms with Gasteiger partial charge in [0.15, 0.2) is 0 Å². The van der Waals surface area contributed by atoms with Crippen molar-refractivity contribution in [3.05, 3.63) is 35.9 Å². The molecular weight excluding hydrogens is 408 g/mol. The molecule has 0 saturated carbocycles. The summed E-state index contributed by atoms with van der Waals surface area (Å²) in [6.45, 7) is 4.62. The van der Waals surface area contributed by atoms with Crippen molar-refractivity contribution in [2.75, 3.05) is 13.1 Å². The lowest BCUT2D eigenvalue weighted by molar-refractivity contribution is -0.128. The average molecular weight is 449 g/mol. The Morgan fingerprint density at radius 2 is 1.76 bits per heavy atom. The molecule has 4 aliphatic heterocycles. The van der Waals surface area contributed by atoms with Gasteiger partial charge in [-0.05, 0) is 76.5 Å². The largest absolute Gasteiger partial charge is 0.352 e. The number of fused-ring (bicyclic) bond motifs is 2. The van der Waals surface area contributed by atoms with E-state index in [0.717, 1.165) is 30.7 Å². The normalized spacial score (nSPS) is 37.7. The lowest BCUT2D eigenvalue weighted by Crippen LogP contribution is -2.60. The van der Waals surface area contributed by atoms with E-state index in [4.69, 9.17) is 0 Å². The van der Waals surface area contributed by atoms with Gasteiger partial charge >= 0.3 is 0 Å². The monoisotopic (exact) mass is 448 g/mol. The Balaban J connectivity index is 1.27. The van der Waals surface area contributed by atoms with Gasteiger partial charge in [0.1, 0.15) is 0 Å². The third kappa shape index (κ3) is 5.45. The van der Waals surface area contributed by atoms with Crippen LogP contribution >= 0.6 is 0 Å². The first kappa shape index (κ1) is 22.9. The van der Waals surface area contributed by atoms with Crippen molar-refractivity contribution in [3.63, 3.8) is 0 Å². The van der Waals surface area contributed by atoms with E-state index < -0.39 is 0 Å². The topological polar surface area (TPSA) is 56.4 Å². The molecule has 0 aromatic heterocycles. The standard InChI is InChI=1S/C28H40N4O/c1-20-25-16-12-22-17-19-32(27(22)31-25)18-7-3-6-10-26-24(28(33)29-20)15-14-23(30-26)13-11-21-8-4-2-5-9-21/h2,4-5,8-9,20,22-27,30-31H,3,6-7,10,12,14-19H2,1H3,(H,29,33)/t20-,22?,23?,24?,25?,26?,27?/m1/s1. The molecule has 5 nitrogen and oxygen atoms in total. The zero-order valence-corrected chi connectivity index (χ0v) is 20.1. The van der Waals surface area contributed by atoms with Crippen LogP contribution in [0.3, 0.4) is 0 Å². The van der Waals surface area contributed by atoms with E-state index in [-0.39, 0.29) is 30.0 Å². The first-order valence-electron chi connectivity index (χ1n) is 13.3. The van der Waals surface area contributed by atoms with Gasteiger partial charge in [0, 0.05) is 30.2 Å². The molecular formula is C28H40N4O. The van der Waals surface area contributed by atoms with E-state index >= 15 is 0 Å². The number of carbonyl (C=O) groups is 1. The highest BCUT2D eigenvalue weighted by Crippen LogP contribution is 2.33. The van der Waals surface area contributed by atoms with E-state index in [1.54, 1.807) is 0 Å². The van der Waals surface area contributed by atoms with Gasteiger partial charge in [-0.1, -0.05) is 42.9 Å². The molecule has 0 radical (unpaired) electrons. The molecule has 4 heterocycles. The maximum absolute atomic E-state index is 13.4. The molecule has 33 heavy (non-hydrogen) atoms. The second kappa shape index (κ2) is 10.6. The molecule has 1 aromatic carbocycles. The van der Waals surface area contributed by atoms with Gasteiger partial charge in [0.2, 0.25) is 5.91 Å². The van der Waals surface area contributed by atoms with Crippen LogP contribution in [0.5, 0.6) is 0 Å². The first-order valence-corrected chi connectivity index (χ1v) is 13.3. The van der Waals surface area contributed by atoms with Gasteiger partial charge < -0.3 is 10.6 Å². The van der Waals surface area contributed by atoms with Crippen molar-refractivity contribution in [2.24, 2.45) is 11.8 Å². The van der Waals surface area contributed by atoms with E-state index in [9.17, 15) is 4.79 Å². The fourth-order valence-electron chi connectivity index (χ4n) is 6.51. The van der Waals surface area contributed by atoms with Crippen molar-refractivity contribution in [2.45, 2.75) is 95.0 Å². The first-order chi connectivity index (χ1) is 16.2. The van der Waals surface area contributed by atoms with Crippen LogP contribution in [0.25, 0.3) is 0 Å². The SMILES string of the molecule is C[C@H]1NC(=O)C2CCC(C#Cc3ccccc3)NC2CCCCCN2CCC3CCC1NC32. The van der Waals surface area contributed by atoms with E-state index in [2.05, 4.69) is 51.7 Å². The fraction of sp³-hybridized carbons (Fsp3) is 0.679. The molecule has 6 unspecified atom stereocenters. The minimum atomic E-state index is 0.0458. The molecule has 1 amide bonds. The van der Waals surface area contributed by atoms with Gasteiger partial charge in [0.25, 0.3) is 0 Å². The molecule has 4 aliphatic rings. The summed E-state index contributed by atoms with van der Waals surface area (Å²) in [5.41, 5.74) is 1.06. The molecule has 178 valence electrons. The van der Waals surface area contributed by atoms with Crippen molar-refractivity contribution in [1.82, 2.24) is 20.9 Å². The van der Waals surface area contributed by atoms with Gasteiger partial charge in [0.05, 0.1) is 18.1 Å². The van der Waals surface area contributed by atoms with Gasteiger partial charge in [-0.2, -0.15) is 0 Å². The zero-order valence-electron chi connectivity index (χ0n) is 20.1. The third-order valence-corrected chi connectivity index (χ3v) is 8.46. The highest BCUT2D eigenvalue weighted by atomic mass is 16.2. The van der Waals surface area contributed by atoms with Crippen LogP contribution in [0.15, 0.2) is 30.3 Å². The number of rotatable bonds is 0. The summed E-state index contributed by atoms with van der Waals surface area (Å²) in [7, 11) is 0. The summed E-state index contributed by atoms with van der Waals surface area (Å²) in [6.07, 6.45) is 10.9. The molecule has 0 aliphatic carbocycles. The number of hydrogen-bond acceptors (Lipinski definition) is 4. The summed E-state index contributed by atoms with van der Waals surface area (Å²) in [6, 6.07) is 11.1. The summed E-state index contributed by atoms with van der Waals surface area (Å²) in [4.78, 5) is 16.1. The predicted molar refractivity (Wildman–Crippen MR) is 132 cm³/mol. The second-order valence-electron chi connectivity index (χ2n) is 10.7. The fourth-order valence-corrected chi connectivity index (χ4v) is 6.51. The van der Waals surface area contributed by atoms with E-state index in [1.807, 2.05) is 18.2 Å². The Hall–Kier alpha value is -1.87. The Morgan fingerprint density at radius 1 is 0.879 bits per heavy atom. The number of carbonyl (C=O) groups excluding carboxylic acids is 1. The molecule has 2 bridgehead atoms. The predicted octanol–water partition coefficient (Wildman–Crippen LogP) is 3.25. The zero-order chi connectivity index (χ0) is 22.6. The number of nitrogens with one attached hydrogen (secondary N) is 3. The Bertz CT molecular complexity index is 862. The van der Waals surface area contributed by atoms with Crippen molar-refractivity contribution in [1.29, 1.82) is 0 Å². The highest BCUT2D eigenvalue weighted by molar-refractivity contribution is 5.80. The number of benzene rings is 1. The number of amides is 1. The minimum Gasteiger partial charge on any atom is -0.352 e. The van der Waals surface area contributed by atoms with Crippen molar-refractivity contribution < 1.29 is 4.79 Å². The number of hydrogen-bond donors (Lipinski definition) is 3. The van der Waals surface area contributed by atoms with Crippen LogP contribution in [0.1, 0.15) is 70.3 Å². The summed E-state index contributed by atoms with van der Waals surface area (Å²) >= 11 is 0. The molecule has 1 aromatic rings. The van der Waals surface area contributed by atoms with E-state index in [0.29, 0.717) is 12.2 Å². The molecule has 5 heteroatoms. The summed E-state index contributed by atoms with van der Waals surface area (Å²) in [5.74, 6) is 7.83. The maximum atomic E-state index is 13.4. The van der Waals surface area contributed by atoms with Crippen LogP contribution < -0.4 is 16.0 Å². The van der Waals surface area contributed by atoms with Crippen LogP contribution in [0.2, 0.25) is 0 Å². The molecule has 4 saturated heterocycles. The molecule has 7 atom stereocenters. The summed E-state index contributed by atoms with van der Waals surface area (Å²) < 4.78 is 0. The van der Waals surface area contributed by atoms with Gasteiger partial charge in [-0.3, -0.25) is 15.0 Å². The van der Waals surface area contributed by atoms with Gasteiger partial charge in [-0.25, -0.2) is 0 Å². The van der Waals surface area contributed by atoms with Crippen LogP contribution in [0.4, 0.5) is 0 Å². The van der Waals surface area contributed by atoms with Gasteiger partial charge in [-0.15, -0.1) is 0 Å². The number of piperidine rings is 2. The van der Waals surface area contributed by atoms with Crippen LogP contribution in [-0.2, 0) is 4.79 Å². The van der Waals surface area contributed by atoms with Crippen LogP contribution in [-0.4, -0.2) is 54.2 Å². The summed E-state index contributed by atoms with van der Waals surface area (Å²) in [5, 5.41) is 11.1. The van der Waals surface area contributed by atoms with E-state index in [1.165, 1.54) is 51.6 Å². The maximum Gasteiger partial charge on any atom is 0.224 e.